The average molecular weight is 478 g/mol. The lowest BCUT2D eigenvalue weighted by Crippen LogP contribution is -2.00. The highest BCUT2D eigenvalue weighted by atomic mass is 32.2. The van der Waals surface area contributed by atoms with Gasteiger partial charge in [-0.3, -0.25) is 4.55 Å². The van der Waals surface area contributed by atoms with Gasteiger partial charge in [-0.15, -0.1) is 10.2 Å². The Morgan fingerprint density at radius 3 is 2.32 bits per heavy atom. The highest BCUT2D eigenvalue weighted by molar-refractivity contribution is 7.86. The maximum absolute atomic E-state index is 12.0. The lowest BCUT2D eigenvalue weighted by molar-refractivity contribution is 0.0697. The van der Waals surface area contributed by atoms with Crippen LogP contribution in [-0.2, 0) is 10.1 Å². The molecule has 0 spiro atoms. The molecule has 4 aromatic rings. The molecule has 0 bridgehead atoms. The number of azo groups is 1. The topological polar surface area (TPSA) is 175 Å². The van der Waals surface area contributed by atoms with Crippen molar-refractivity contribution in [2.24, 2.45) is 10.2 Å². The van der Waals surface area contributed by atoms with Crippen LogP contribution in [0.5, 0.6) is 5.75 Å². The number of rotatable bonds is 6. The maximum Gasteiger partial charge on any atom is 0.338 e. The van der Waals surface area contributed by atoms with Gasteiger partial charge < -0.3 is 21.3 Å². The summed E-state index contributed by atoms with van der Waals surface area (Å²) >= 11 is 0. The number of nitrogens with zero attached hydrogens (tertiary/aromatic N) is 2. The largest absolute Gasteiger partial charge is 0.505 e. The van der Waals surface area contributed by atoms with E-state index in [2.05, 4.69) is 15.5 Å². The molecule has 0 radical (unpaired) electrons. The first-order chi connectivity index (χ1) is 16.1. The summed E-state index contributed by atoms with van der Waals surface area (Å²) < 4.78 is 33.7. The van der Waals surface area contributed by atoms with E-state index in [-0.39, 0.29) is 22.3 Å². The second-order valence-electron chi connectivity index (χ2n) is 7.26. The number of carboxylic acid groups (broad SMARTS) is 1. The minimum Gasteiger partial charge on any atom is -0.505 e. The Morgan fingerprint density at radius 1 is 0.912 bits per heavy atom. The van der Waals surface area contributed by atoms with Gasteiger partial charge in [-0.2, -0.15) is 8.42 Å². The second kappa shape index (κ2) is 8.81. The van der Waals surface area contributed by atoms with E-state index in [4.69, 9.17) is 5.73 Å². The Hall–Kier alpha value is -4.48. The first-order valence-electron chi connectivity index (χ1n) is 9.77. The molecule has 0 fully saturated rings. The van der Waals surface area contributed by atoms with Crippen LogP contribution < -0.4 is 11.1 Å². The van der Waals surface area contributed by atoms with E-state index in [1.165, 1.54) is 18.2 Å². The third-order valence-electron chi connectivity index (χ3n) is 4.90. The summed E-state index contributed by atoms with van der Waals surface area (Å²) in [5, 5.41) is 31.6. The van der Waals surface area contributed by atoms with Crippen LogP contribution in [0.3, 0.4) is 0 Å². The molecule has 6 N–H and O–H groups in total. The second-order valence-corrected chi connectivity index (χ2v) is 8.65. The third-order valence-corrected chi connectivity index (χ3v) is 5.77. The number of hydrogen-bond acceptors (Lipinski definition) is 8. The van der Waals surface area contributed by atoms with Gasteiger partial charge in [-0.1, -0.05) is 24.3 Å². The minimum absolute atomic E-state index is 0.123. The standard InChI is InChI=1S/C23H18N4O6S/c24-14-7-9-19(18(11-14)23(29)30)26-27-21-20(34(31,32)33)10-13-6-8-16(12-17(13)22(21)28)25-15-4-2-1-3-5-15/h1-12,25,28H,24H2,(H,29,30)(H,31,32,33). The fourth-order valence-electron chi connectivity index (χ4n) is 3.32. The van der Waals surface area contributed by atoms with E-state index in [1.54, 1.807) is 18.2 Å². The van der Waals surface area contributed by atoms with Crippen molar-refractivity contribution in [1.82, 2.24) is 0 Å². The molecule has 172 valence electrons. The number of aromatic carboxylic acids is 1. The van der Waals surface area contributed by atoms with Crippen molar-refractivity contribution in [2.45, 2.75) is 4.90 Å². The van der Waals surface area contributed by atoms with E-state index < -0.39 is 32.4 Å². The molecule has 4 aromatic carbocycles. The van der Waals surface area contributed by atoms with Crippen molar-refractivity contribution in [1.29, 1.82) is 0 Å². The van der Waals surface area contributed by atoms with Gasteiger partial charge >= 0.3 is 5.97 Å². The summed E-state index contributed by atoms with van der Waals surface area (Å²) in [6, 6.07) is 19.1. The van der Waals surface area contributed by atoms with E-state index in [1.807, 2.05) is 30.3 Å². The number of phenolic OH excluding ortho intramolecular Hbond substituents is 1. The van der Waals surface area contributed by atoms with Crippen molar-refractivity contribution >= 4 is 55.3 Å². The predicted octanol–water partition coefficient (Wildman–Crippen LogP) is 5.23. The van der Waals surface area contributed by atoms with Gasteiger partial charge in [0.05, 0.1) is 5.56 Å². The fourth-order valence-corrected chi connectivity index (χ4v) is 3.97. The summed E-state index contributed by atoms with van der Waals surface area (Å²) in [5.74, 6) is -1.88. The van der Waals surface area contributed by atoms with Crippen molar-refractivity contribution in [2.75, 3.05) is 11.1 Å². The van der Waals surface area contributed by atoms with Gasteiger partial charge in [0.1, 0.15) is 16.3 Å². The monoisotopic (exact) mass is 478 g/mol. The SMILES string of the molecule is Nc1ccc(N=Nc2c(S(=O)(=O)O)cc3ccc(Nc4ccccc4)cc3c2O)c(C(=O)O)c1. The van der Waals surface area contributed by atoms with Crippen molar-refractivity contribution < 1.29 is 28.0 Å². The molecule has 0 aromatic heterocycles. The molecule has 10 nitrogen and oxygen atoms in total. The number of carbonyl (C=O) groups is 1. The number of para-hydroxylation sites is 1. The summed E-state index contributed by atoms with van der Waals surface area (Å²) in [7, 11) is -4.81. The zero-order valence-corrected chi connectivity index (χ0v) is 18.2. The van der Waals surface area contributed by atoms with Gasteiger partial charge in [0, 0.05) is 22.4 Å². The Bertz CT molecular complexity index is 1550. The number of anilines is 3. The van der Waals surface area contributed by atoms with Crippen LogP contribution in [0.15, 0.2) is 87.9 Å². The molecule has 0 saturated heterocycles. The van der Waals surface area contributed by atoms with E-state index >= 15 is 0 Å². The van der Waals surface area contributed by atoms with Gasteiger partial charge in [-0.25, -0.2) is 4.79 Å². The highest BCUT2D eigenvalue weighted by Gasteiger charge is 2.22. The Labute approximate surface area is 193 Å². The summed E-state index contributed by atoms with van der Waals surface area (Å²) in [6.45, 7) is 0. The van der Waals surface area contributed by atoms with Crippen molar-refractivity contribution in [3.05, 3.63) is 78.4 Å². The predicted molar refractivity (Wildman–Crippen MR) is 127 cm³/mol. The molecular formula is C23H18N4O6S. The molecule has 11 heteroatoms. The van der Waals surface area contributed by atoms with Crippen molar-refractivity contribution in [3.8, 4) is 5.75 Å². The molecule has 0 atom stereocenters. The van der Waals surface area contributed by atoms with E-state index in [0.29, 0.717) is 11.1 Å². The number of nitrogen functional groups attached to an aromatic ring is 1. The zero-order chi connectivity index (χ0) is 24.5. The number of nitrogens with one attached hydrogen (secondary N) is 1. The van der Waals surface area contributed by atoms with Crippen LogP contribution in [0.4, 0.5) is 28.4 Å². The normalized spacial score (nSPS) is 11.7. The fraction of sp³-hybridized carbons (Fsp3) is 0. The van der Waals surface area contributed by atoms with Crippen LogP contribution in [0, 0.1) is 0 Å². The Kier molecular flexibility index (Phi) is 5.88. The first-order valence-corrected chi connectivity index (χ1v) is 11.2. The molecule has 0 aliphatic carbocycles. The van der Waals surface area contributed by atoms with Crippen LogP contribution >= 0.6 is 0 Å². The molecule has 4 rings (SSSR count). The van der Waals surface area contributed by atoms with Gasteiger partial charge in [-0.05, 0) is 53.9 Å². The van der Waals surface area contributed by atoms with E-state index in [0.717, 1.165) is 11.8 Å². The quantitative estimate of drug-likeness (QED) is 0.142. The number of phenols is 1. The number of fused-ring (bicyclic) bond motifs is 1. The minimum atomic E-state index is -4.81. The van der Waals surface area contributed by atoms with Crippen molar-refractivity contribution in [3.63, 3.8) is 0 Å². The summed E-state index contributed by atoms with van der Waals surface area (Å²) in [6.07, 6.45) is 0. The maximum atomic E-state index is 12.0. The van der Waals surface area contributed by atoms with Crippen LogP contribution in [0.25, 0.3) is 10.8 Å². The number of nitrogens with two attached hydrogens (primary N) is 1. The molecule has 0 aliphatic rings. The molecule has 0 aliphatic heterocycles. The third kappa shape index (κ3) is 4.65. The lowest BCUT2D eigenvalue weighted by atomic mass is 10.1. The molecule has 0 amide bonds. The molecule has 0 heterocycles. The molecule has 0 unspecified atom stereocenters. The summed E-state index contributed by atoms with van der Waals surface area (Å²) in [5.41, 5.74) is 6.25. The molecular weight excluding hydrogens is 460 g/mol. The molecule has 0 saturated carbocycles. The average Bonchev–Trinajstić information content (AvgIpc) is 2.79. The van der Waals surface area contributed by atoms with Crippen LogP contribution in [0.1, 0.15) is 10.4 Å². The van der Waals surface area contributed by atoms with Gasteiger partial charge in [0.25, 0.3) is 10.1 Å². The zero-order valence-electron chi connectivity index (χ0n) is 17.4. The number of benzene rings is 4. The Morgan fingerprint density at radius 2 is 1.65 bits per heavy atom. The molecule has 34 heavy (non-hydrogen) atoms. The van der Waals surface area contributed by atoms with Crippen LogP contribution in [0.2, 0.25) is 0 Å². The number of carboxylic acids is 1. The smallest absolute Gasteiger partial charge is 0.338 e. The number of hydrogen-bond donors (Lipinski definition) is 5. The number of aromatic hydroxyl groups is 1. The van der Waals surface area contributed by atoms with Gasteiger partial charge in [0.15, 0.2) is 5.75 Å². The lowest BCUT2D eigenvalue weighted by Gasteiger charge is -2.12. The van der Waals surface area contributed by atoms with Gasteiger partial charge in [0.2, 0.25) is 0 Å². The van der Waals surface area contributed by atoms with Crippen LogP contribution in [-0.4, -0.2) is 29.2 Å². The first kappa shape index (κ1) is 22.7. The summed E-state index contributed by atoms with van der Waals surface area (Å²) in [4.78, 5) is 10.8. The highest BCUT2D eigenvalue weighted by Crippen LogP contribution is 2.42. The Balaban J connectivity index is 1.86. The van der Waals surface area contributed by atoms with E-state index in [9.17, 15) is 28.0 Å².